The van der Waals surface area contributed by atoms with Crippen molar-refractivity contribution < 1.29 is 0 Å². The van der Waals surface area contributed by atoms with Gasteiger partial charge in [0.2, 0.25) is 0 Å². The van der Waals surface area contributed by atoms with Gasteiger partial charge in [0.15, 0.2) is 0 Å². The second kappa shape index (κ2) is 7.52. The standard InChI is InChI=1S/C16H23Cl2N/c1-2-19-11-13-7-4-3-6-12(13)10-14-15(17)8-5-9-16(14)18/h5,8-9,12-13,19H,2-4,6-7,10-11H2,1H3. The minimum Gasteiger partial charge on any atom is -0.317 e. The number of rotatable bonds is 5. The highest BCUT2D eigenvalue weighted by Crippen LogP contribution is 2.35. The van der Waals surface area contributed by atoms with Gasteiger partial charge in [-0.2, -0.15) is 0 Å². The van der Waals surface area contributed by atoms with Crippen LogP contribution in [0.4, 0.5) is 0 Å². The van der Waals surface area contributed by atoms with Crippen LogP contribution >= 0.6 is 23.2 Å². The molecule has 0 aliphatic heterocycles. The third-order valence-corrected chi connectivity index (χ3v) is 4.96. The van der Waals surface area contributed by atoms with Crippen LogP contribution in [0.5, 0.6) is 0 Å². The molecule has 0 radical (unpaired) electrons. The molecule has 1 fully saturated rings. The maximum absolute atomic E-state index is 6.30. The van der Waals surface area contributed by atoms with Crippen molar-refractivity contribution in [1.29, 1.82) is 0 Å². The van der Waals surface area contributed by atoms with Crippen LogP contribution in [0.3, 0.4) is 0 Å². The Hall–Kier alpha value is -0.240. The predicted octanol–water partition coefficient (Wildman–Crippen LogP) is 4.95. The van der Waals surface area contributed by atoms with Gasteiger partial charge in [0.05, 0.1) is 0 Å². The lowest BCUT2D eigenvalue weighted by molar-refractivity contribution is 0.229. The summed E-state index contributed by atoms with van der Waals surface area (Å²) in [5.74, 6) is 1.48. The van der Waals surface area contributed by atoms with Gasteiger partial charge in [-0.3, -0.25) is 0 Å². The highest BCUT2D eigenvalue weighted by molar-refractivity contribution is 6.35. The van der Waals surface area contributed by atoms with Crippen molar-refractivity contribution in [3.63, 3.8) is 0 Å². The molecule has 19 heavy (non-hydrogen) atoms. The molecular weight excluding hydrogens is 277 g/mol. The number of nitrogens with one attached hydrogen (secondary N) is 1. The van der Waals surface area contributed by atoms with E-state index in [0.717, 1.165) is 41.0 Å². The molecule has 1 aromatic rings. The largest absolute Gasteiger partial charge is 0.317 e. The Kier molecular flexibility index (Phi) is 6.00. The lowest BCUT2D eigenvalue weighted by atomic mass is 9.76. The molecule has 1 saturated carbocycles. The first kappa shape index (κ1) is 15.2. The van der Waals surface area contributed by atoms with Gasteiger partial charge in [0.1, 0.15) is 0 Å². The summed E-state index contributed by atoms with van der Waals surface area (Å²) in [4.78, 5) is 0. The summed E-state index contributed by atoms with van der Waals surface area (Å²) in [5.41, 5.74) is 1.14. The first-order valence-electron chi connectivity index (χ1n) is 7.36. The molecule has 1 N–H and O–H groups in total. The van der Waals surface area contributed by atoms with Crippen molar-refractivity contribution in [3.8, 4) is 0 Å². The van der Waals surface area contributed by atoms with Gasteiger partial charge in [0, 0.05) is 10.0 Å². The van der Waals surface area contributed by atoms with Crippen LogP contribution in [-0.4, -0.2) is 13.1 Å². The Morgan fingerprint density at radius 3 is 2.37 bits per heavy atom. The lowest BCUT2D eigenvalue weighted by Crippen LogP contribution is -2.31. The Balaban J connectivity index is 2.06. The van der Waals surface area contributed by atoms with Crippen LogP contribution in [0.15, 0.2) is 18.2 Å². The molecule has 0 bridgehead atoms. The van der Waals surface area contributed by atoms with E-state index in [1.165, 1.54) is 25.7 Å². The van der Waals surface area contributed by atoms with Crippen molar-refractivity contribution in [3.05, 3.63) is 33.8 Å². The zero-order chi connectivity index (χ0) is 13.7. The minimum atomic E-state index is 0.713. The third-order valence-electron chi connectivity index (χ3n) is 4.25. The summed E-state index contributed by atoms with van der Waals surface area (Å²) < 4.78 is 0. The maximum Gasteiger partial charge on any atom is 0.0452 e. The molecule has 0 heterocycles. The first-order chi connectivity index (χ1) is 9.22. The normalized spacial score (nSPS) is 23.5. The quantitative estimate of drug-likeness (QED) is 0.811. The fourth-order valence-electron chi connectivity index (χ4n) is 3.14. The highest BCUT2D eigenvalue weighted by atomic mass is 35.5. The molecule has 1 nitrogen and oxygen atoms in total. The van der Waals surface area contributed by atoms with Crippen LogP contribution in [0.2, 0.25) is 10.0 Å². The number of hydrogen-bond acceptors (Lipinski definition) is 1. The van der Waals surface area contributed by atoms with E-state index in [4.69, 9.17) is 23.2 Å². The average molecular weight is 300 g/mol. The van der Waals surface area contributed by atoms with Crippen molar-refractivity contribution in [1.82, 2.24) is 5.32 Å². The molecule has 2 atom stereocenters. The molecule has 0 aromatic heterocycles. The Labute approximate surface area is 126 Å². The smallest absolute Gasteiger partial charge is 0.0452 e. The molecule has 3 heteroatoms. The van der Waals surface area contributed by atoms with Crippen molar-refractivity contribution in [2.75, 3.05) is 13.1 Å². The topological polar surface area (TPSA) is 12.0 Å². The monoisotopic (exact) mass is 299 g/mol. The van der Waals surface area contributed by atoms with Crippen LogP contribution in [0.25, 0.3) is 0 Å². The molecule has 0 saturated heterocycles. The number of benzene rings is 1. The average Bonchev–Trinajstić information content (AvgIpc) is 2.42. The zero-order valence-electron chi connectivity index (χ0n) is 11.6. The lowest BCUT2D eigenvalue weighted by Gasteiger charge is -2.32. The van der Waals surface area contributed by atoms with E-state index < -0.39 is 0 Å². The summed E-state index contributed by atoms with van der Waals surface area (Å²) in [6, 6.07) is 5.82. The summed E-state index contributed by atoms with van der Waals surface area (Å²) in [6.45, 7) is 4.35. The van der Waals surface area contributed by atoms with E-state index in [-0.39, 0.29) is 0 Å². The molecule has 1 aliphatic rings. The molecule has 2 unspecified atom stereocenters. The van der Waals surface area contributed by atoms with E-state index in [1.54, 1.807) is 0 Å². The SMILES string of the molecule is CCNCC1CCCCC1Cc1c(Cl)cccc1Cl. The molecule has 2 rings (SSSR count). The van der Waals surface area contributed by atoms with Crippen LogP contribution in [0.1, 0.15) is 38.2 Å². The fraction of sp³-hybridized carbons (Fsp3) is 0.625. The van der Waals surface area contributed by atoms with Crippen LogP contribution in [0, 0.1) is 11.8 Å². The Morgan fingerprint density at radius 2 is 1.74 bits per heavy atom. The second-order valence-corrected chi connectivity index (χ2v) is 6.33. The van der Waals surface area contributed by atoms with Gasteiger partial charge in [0.25, 0.3) is 0 Å². The Bertz CT molecular complexity index is 385. The molecule has 0 amide bonds. The van der Waals surface area contributed by atoms with Gasteiger partial charge in [-0.1, -0.05) is 49.0 Å². The molecule has 0 spiro atoms. The molecular formula is C16H23Cl2N. The van der Waals surface area contributed by atoms with E-state index in [0.29, 0.717) is 5.92 Å². The van der Waals surface area contributed by atoms with Crippen molar-refractivity contribution in [2.24, 2.45) is 11.8 Å². The van der Waals surface area contributed by atoms with E-state index in [2.05, 4.69) is 12.2 Å². The van der Waals surface area contributed by atoms with Crippen LogP contribution < -0.4 is 5.32 Å². The predicted molar refractivity (Wildman–Crippen MR) is 84.2 cm³/mol. The Morgan fingerprint density at radius 1 is 1.11 bits per heavy atom. The third kappa shape index (κ3) is 4.11. The van der Waals surface area contributed by atoms with Gasteiger partial charge in [-0.05, 0) is 61.9 Å². The van der Waals surface area contributed by atoms with Gasteiger partial charge in [-0.25, -0.2) is 0 Å². The van der Waals surface area contributed by atoms with Crippen molar-refractivity contribution in [2.45, 2.75) is 39.0 Å². The minimum absolute atomic E-state index is 0.713. The van der Waals surface area contributed by atoms with E-state index in [9.17, 15) is 0 Å². The summed E-state index contributed by atoms with van der Waals surface area (Å²) in [6.07, 6.45) is 6.37. The molecule has 1 aromatic carbocycles. The number of halogens is 2. The van der Waals surface area contributed by atoms with E-state index >= 15 is 0 Å². The van der Waals surface area contributed by atoms with Gasteiger partial charge >= 0.3 is 0 Å². The summed E-state index contributed by atoms with van der Waals surface area (Å²) in [7, 11) is 0. The zero-order valence-corrected chi connectivity index (χ0v) is 13.1. The fourth-order valence-corrected chi connectivity index (χ4v) is 3.69. The van der Waals surface area contributed by atoms with Gasteiger partial charge in [-0.15, -0.1) is 0 Å². The second-order valence-electron chi connectivity index (χ2n) is 5.52. The van der Waals surface area contributed by atoms with Crippen LogP contribution in [-0.2, 0) is 6.42 Å². The molecule has 106 valence electrons. The molecule has 1 aliphatic carbocycles. The summed E-state index contributed by atoms with van der Waals surface area (Å²) in [5, 5.41) is 5.14. The highest BCUT2D eigenvalue weighted by Gasteiger charge is 2.26. The number of hydrogen-bond donors (Lipinski definition) is 1. The van der Waals surface area contributed by atoms with Crippen molar-refractivity contribution >= 4 is 23.2 Å². The summed E-state index contributed by atoms with van der Waals surface area (Å²) >= 11 is 12.6. The maximum atomic E-state index is 6.30. The first-order valence-corrected chi connectivity index (χ1v) is 8.11. The van der Waals surface area contributed by atoms with Gasteiger partial charge < -0.3 is 5.32 Å². The van der Waals surface area contributed by atoms with E-state index in [1.807, 2.05) is 18.2 Å².